The first kappa shape index (κ1) is 10.2. The van der Waals surface area contributed by atoms with Crippen molar-refractivity contribution in [3.8, 4) is 0 Å². The molecule has 0 radical (unpaired) electrons. The van der Waals surface area contributed by atoms with Crippen LogP contribution in [-0.2, 0) is 12.8 Å². The Balaban J connectivity index is 2.37. The molecule has 2 nitrogen and oxygen atoms in total. The van der Waals surface area contributed by atoms with Crippen molar-refractivity contribution in [1.29, 1.82) is 0 Å². The molecule has 0 saturated carbocycles. The fourth-order valence-electron chi connectivity index (χ4n) is 1.77. The van der Waals surface area contributed by atoms with E-state index in [9.17, 15) is 0 Å². The topological polar surface area (TPSA) is 25.8 Å². The quantitative estimate of drug-likeness (QED) is 0.684. The van der Waals surface area contributed by atoms with E-state index in [-0.39, 0.29) is 0 Å². The zero-order chi connectivity index (χ0) is 11.1. The van der Waals surface area contributed by atoms with Crippen LogP contribution >= 0.6 is 22.7 Å². The number of benzene rings is 1. The molecule has 2 aromatic heterocycles. The van der Waals surface area contributed by atoms with Crippen LogP contribution in [0.4, 0.5) is 0 Å². The molecule has 3 rings (SSSR count). The van der Waals surface area contributed by atoms with Crippen molar-refractivity contribution in [3.63, 3.8) is 0 Å². The largest absolute Gasteiger partial charge is 0.241 e. The lowest BCUT2D eigenvalue weighted by atomic mass is 10.3. The Morgan fingerprint density at radius 2 is 1.31 bits per heavy atom. The molecule has 3 aromatic rings. The molecule has 82 valence electrons. The van der Waals surface area contributed by atoms with Gasteiger partial charge in [0.05, 0.1) is 30.4 Å². The molecule has 0 amide bonds. The highest BCUT2D eigenvalue weighted by Crippen LogP contribution is 2.34. The van der Waals surface area contributed by atoms with Gasteiger partial charge in [-0.2, -0.15) is 0 Å². The van der Waals surface area contributed by atoms with Crippen LogP contribution < -0.4 is 0 Å². The van der Waals surface area contributed by atoms with Gasteiger partial charge in [-0.25, -0.2) is 9.97 Å². The van der Waals surface area contributed by atoms with Gasteiger partial charge in [0.15, 0.2) is 0 Å². The van der Waals surface area contributed by atoms with Crippen molar-refractivity contribution in [2.75, 3.05) is 0 Å². The minimum atomic E-state index is 1.01. The molecule has 0 unspecified atom stereocenters. The first-order valence-electron chi connectivity index (χ1n) is 5.49. The summed E-state index contributed by atoms with van der Waals surface area (Å²) in [5.41, 5.74) is 2.25. The van der Waals surface area contributed by atoms with Crippen LogP contribution in [-0.4, -0.2) is 9.97 Å². The highest BCUT2D eigenvalue weighted by atomic mass is 32.1. The molecule has 0 aliphatic rings. The minimum Gasteiger partial charge on any atom is -0.241 e. The first-order valence-corrected chi connectivity index (χ1v) is 7.13. The van der Waals surface area contributed by atoms with Gasteiger partial charge in [-0.1, -0.05) is 13.8 Å². The maximum absolute atomic E-state index is 4.61. The molecule has 0 fully saturated rings. The summed E-state index contributed by atoms with van der Waals surface area (Å²) in [5, 5.41) is 2.43. The zero-order valence-corrected chi connectivity index (χ0v) is 10.9. The second-order valence-electron chi connectivity index (χ2n) is 3.68. The van der Waals surface area contributed by atoms with Crippen molar-refractivity contribution in [3.05, 3.63) is 22.1 Å². The molecule has 4 heteroatoms. The highest BCUT2D eigenvalue weighted by Gasteiger charge is 2.10. The van der Waals surface area contributed by atoms with Crippen LogP contribution in [0.5, 0.6) is 0 Å². The fourth-order valence-corrected chi connectivity index (χ4v) is 3.90. The molecule has 16 heavy (non-hydrogen) atoms. The summed E-state index contributed by atoms with van der Waals surface area (Å²) in [6.07, 6.45) is 2.03. The average Bonchev–Trinajstić information content (AvgIpc) is 2.90. The molecule has 0 aliphatic heterocycles. The summed E-state index contributed by atoms with van der Waals surface area (Å²) in [6, 6.07) is 4.18. The van der Waals surface area contributed by atoms with Crippen molar-refractivity contribution in [1.82, 2.24) is 9.97 Å². The summed E-state index contributed by atoms with van der Waals surface area (Å²) in [7, 11) is 0. The molecular formula is C12H12N2S2. The van der Waals surface area contributed by atoms with Crippen LogP contribution in [0.25, 0.3) is 20.4 Å². The highest BCUT2D eigenvalue weighted by molar-refractivity contribution is 7.26. The molecule has 0 spiro atoms. The lowest BCUT2D eigenvalue weighted by Crippen LogP contribution is -1.75. The van der Waals surface area contributed by atoms with Crippen molar-refractivity contribution < 1.29 is 0 Å². The standard InChI is InChI=1S/C12H12N2S2/c1-3-9-13-7-5-6-8-12(11(7)15-9)16-10(4-2)14-8/h5-6H,3-4H2,1-2H3. The number of fused-ring (bicyclic) bond motifs is 3. The van der Waals surface area contributed by atoms with Gasteiger partial charge < -0.3 is 0 Å². The van der Waals surface area contributed by atoms with Crippen LogP contribution in [0, 0.1) is 0 Å². The van der Waals surface area contributed by atoms with Crippen LogP contribution in [0.3, 0.4) is 0 Å². The number of rotatable bonds is 2. The van der Waals surface area contributed by atoms with E-state index in [0.717, 1.165) is 23.9 Å². The Kier molecular flexibility index (Phi) is 2.41. The van der Waals surface area contributed by atoms with Gasteiger partial charge in [0, 0.05) is 0 Å². The Labute approximate surface area is 102 Å². The number of aryl methyl sites for hydroxylation is 2. The van der Waals surface area contributed by atoms with Gasteiger partial charge in [0.25, 0.3) is 0 Å². The Morgan fingerprint density at radius 3 is 1.69 bits per heavy atom. The number of aromatic nitrogens is 2. The van der Waals surface area contributed by atoms with E-state index in [0.29, 0.717) is 0 Å². The summed E-state index contributed by atoms with van der Waals surface area (Å²) < 4.78 is 2.62. The molecular weight excluding hydrogens is 236 g/mol. The number of hydrogen-bond acceptors (Lipinski definition) is 4. The third-order valence-electron chi connectivity index (χ3n) is 2.61. The monoisotopic (exact) mass is 248 g/mol. The van der Waals surface area contributed by atoms with E-state index in [1.165, 1.54) is 19.4 Å². The molecule has 0 bridgehead atoms. The van der Waals surface area contributed by atoms with Crippen LogP contribution in [0.2, 0.25) is 0 Å². The van der Waals surface area contributed by atoms with Gasteiger partial charge in [-0.05, 0) is 25.0 Å². The number of thiazole rings is 2. The van der Waals surface area contributed by atoms with Crippen molar-refractivity contribution in [2.24, 2.45) is 0 Å². The summed E-state index contributed by atoms with van der Waals surface area (Å²) in [4.78, 5) is 9.23. The Hall–Kier alpha value is -1.00. The zero-order valence-electron chi connectivity index (χ0n) is 9.28. The second kappa shape index (κ2) is 3.79. The van der Waals surface area contributed by atoms with Gasteiger partial charge in [-0.15, -0.1) is 22.7 Å². The minimum absolute atomic E-state index is 1.01. The lowest BCUT2D eigenvalue weighted by Gasteiger charge is -1.87. The maximum Gasteiger partial charge on any atom is 0.0936 e. The number of hydrogen-bond donors (Lipinski definition) is 0. The molecule has 1 aromatic carbocycles. The van der Waals surface area contributed by atoms with E-state index in [1.54, 1.807) is 0 Å². The first-order chi connectivity index (χ1) is 7.81. The SMILES string of the molecule is CCc1nc2ccc3nc(CC)sc3c2s1. The van der Waals surface area contributed by atoms with E-state index >= 15 is 0 Å². The molecule has 2 heterocycles. The summed E-state index contributed by atoms with van der Waals surface area (Å²) >= 11 is 3.62. The summed E-state index contributed by atoms with van der Waals surface area (Å²) in [6.45, 7) is 4.30. The molecule has 0 atom stereocenters. The van der Waals surface area contributed by atoms with Crippen LogP contribution in [0.1, 0.15) is 23.9 Å². The van der Waals surface area contributed by atoms with Gasteiger partial charge in [-0.3, -0.25) is 0 Å². The maximum atomic E-state index is 4.61. The lowest BCUT2D eigenvalue weighted by molar-refractivity contribution is 1.11. The molecule has 0 aliphatic carbocycles. The van der Waals surface area contributed by atoms with E-state index in [1.807, 2.05) is 22.7 Å². The second-order valence-corrected chi connectivity index (χ2v) is 5.85. The third-order valence-corrected chi connectivity index (χ3v) is 5.20. The Bertz CT molecular complexity index is 594. The van der Waals surface area contributed by atoms with Gasteiger partial charge in [0.2, 0.25) is 0 Å². The predicted molar refractivity (Wildman–Crippen MR) is 71.6 cm³/mol. The van der Waals surface area contributed by atoms with E-state index in [2.05, 4.69) is 35.9 Å². The van der Waals surface area contributed by atoms with Gasteiger partial charge >= 0.3 is 0 Å². The molecule has 0 saturated heterocycles. The van der Waals surface area contributed by atoms with Crippen molar-refractivity contribution in [2.45, 2.75) is 26.7 Å². The fraction of sp³-hybridized carbons (Fsp3) is 0.333. The molecule has 0 N–H and O–H groups in total. The normalized spacial score (nSPS) is 11.6. The number of nitrogens with zero attached hydrogens (tertiary/aromatic N) is 2. The van der Waals surface area contributed by atoms with Gasteiger partial charge in [0.1, 0.15) is 0 Å². The summed E-state index contributed by atoms with van der Waals surface area (Å²) in [5.74, 6) is 0. The van der Waals surface area contributed by atoms with Crippen LogP contribution in [0.15, 0.2) is 12.1 Å². The van der Waals surface area contributed by atoms with E-state index < -0.39 is 0 Å². The Morgan fingerprint density at radius 1 is 0.875 bits per heavy atom. The van der Waals surface area contributed by atoms with Crippen molar-refractivity contribution >= 4 is 43.1 Å². The van der Waals surface area contributed by atoms with E-state index in [4.69, 9.17) is 0 Å². The average molecular weight is 248 g/mol. The third kappa shape index (κ3) is 1.44. The predicted octanol–water partition coefficient (Wildman–Crippen LogP) is 4.03. The smallest absolute Gasteiger partial charge is 0.0936 e.